The molecule has 0 radical (unpaired) electrons. The Bertz CT molecular complexity index is 700. The largest absolute Gasteiger partial charge is 0.444 e. The highest BCUT2D eigenvalue weighted by atomic mass is 32.2. The van der Waals surface area contributed by atoms with Crippen molar-refractivity contribution >= 4 is 23.9 Å². The molecule has 0 aliphatic rings. The van der Waals surface area contributed by atoms with Crippen LogP contribution in [0.2, 0.25) is 0 Å². The van der Waals surface area contributed by atoms with Crippen molar-refractivity contribution < 1.29 is 14.3 Å². The van der Waals surface area contributed by atoms with E-state index in [0.717, 1.165) is 4.90 Å². The molecule has 0 heterocycles. The van der Waals surface area contributed by atoms with Gasteiger partial charge in [-0.1, -0.05) is 48.5 Å². The van der Waals surface area contributed by atoms with E-state index < -0.39 is 17.7 Å². The summed E-state index contributed by atoms with van der Waals surface area (Å²) in [6, 6.07) is 17.7. The van der Waals surface area contributed by atoms with E-state index in [1.807, 2.05) is 48.5 Å². The van der Waals surface area contributed by atoms with Gasteiger partial charge in [0, 0.05) is 4.90 Å². The number of nitrogens with one attached hydrogen (secondary N) is 2. The van der Waals surface area contributed by atoms with Gasteiger partial charge in [0.05, 0.1) is 0 Å². The van der Waals surface area contributed by atoms with Crippen LogP contribution in [0.3, 0.4) is 0 Å². The summed E-state index contributed by atoms with van der Waals surface area (Å²) in [5, 5.41) is 2.64. The highest BCUT2D eigenvalue weighted by Gasteiger charge is 2.25. The Balaban J connectivity index is 2.08. The van der Waals surface area contributed by atoms with Crippen LogP contribution in [0.5, 0.6) is 0 Å². The van der Waals surface area contributed by atoms with Crippen molar-refractivity contribution in [3.63, 3.8) is 0 Å². The molecule has 2 aromatic carbocycles. The molecule has 2 rings (SSSR count). The molecule has 0 saturated heterocycles. The van der Waals surface area contributed by atoms with Gasteiger partial charge in [0.15, 0.2) is 0 Å². The molecule has 5 nitrogen and oxygen atoms in total. The Kier molecular flexibility index (Phi) is 6.47. The molecule has 2 amide bonds. The van der Waals surface area contributed by atoms with Gasteiger partial charge in [0.25, 0.3) is 5.91 Å². The Morgan fingerprint density at radius 2 is 1.52 bits per heavy atom. The number of rotatable bonds is 5. The molecule has 25 heavy (non-hydrogen) atoms. The molecule has 0 aromatic heterocycles. The summed E-state index contributed by atoms with van der Waals surface area (Å²) < 4.78 is 8.04. The molecule has 0 fully saturated rings. The first-order valence-electron chi connectivity index (χ1n) is 7.91. The molecule has 0 spiro atoms. The zero-order chi connectivity index (χ0) is 18.3. The minimum atomic E-state index is -0.840. The topological polar surface area (TPSA) is 67.4 Å². The molecule has 2 aromatic rings. The quantitative estimate of drug-likeness (QED) is 0.791. The third-order valence-electron chi connectivity index (χ3n) is 3.07. The fourth-order valence-electron chi connectivity index (χ4n) is 2.03. The van der Waals surface area contributed by atoms with Crippen molar-refractivity contribution in [2.75, 3.05) is 0 Å². The van der Waals surface area contributed by atoms with E-state index in [0.29, 0.717) is 5.56 Å². The lowest BCUT2D eigenvalue weighted by Crippen LogP contribution is -2.41. The summed E-state index contributed by atoms with van der Waals surface area (Å²) in [5.74, 6) is -0.328. The van der Waals surface area contributed by atoms with Gasteiger partial charge in [-0.2, -0.15) is 0 Å². The van der Waals surface area contributed by atoms with Gasteiger partial charge in [-0.05, 0) is 50.4 Å². The SMILES string of the molecule is CC(C)(C)OC(=O)NC(C(=O)NSc1ccccc1)c1ccccc1. The monoisotopic (exact) mass is 358 g/mol. The number of carbonyl (C=O) groups excluding carboxylic acids is 2. The van der Waals surface area contributed by atoms with Gasteiger partial charge in [0.2, 0.25) is 0 Å². The molecule has 0 aliphatic heterocycles. The normalized spacial score (nSPS) is 12.1. The second kappa shape index (κ2) is 8.58. The Labute approximate surface area is 152 Å². The molecular weight excluding hydrogens is 336 g/mol. The summed E-state index contributed by atoms with van der Waals surface area (Å²) in [4.78, 5) is 25.6. The van der Waals surface area contributed by atoms with Gasteiger partial charge in [-0.15, -0.1) is 0 Å². The van der Waals surface area contributed by atoms with Crippen LogP contribution in [-0.2, 0) is 9.53 Å². The second-order valence-corrected chi connectivity index (χ2v) is 7.25. The molecule has 1 unspecified atom stereocenters. The van der Waals surface area contributed by atoms with E-state index in [-0.39, 0.29) is 5.91 Å². The Morgan fingerprint density at radius 1 is 0.960 bits per heavy atom. The summed E-state index contributed by atoms with van der Waals surface area (Å²) in [5.41, 5.74) is 0.0418. The zero-order valence-electron chi connectivity index (χ0n) is 14.5. The summed E-state index contributed by atoms with van der Waals surface area (Å²) in [6.07, 6.45) is -0.638. The number of alkyl carbamates (subject to hydrolysis) is 1. The third-order valence-corrected chi connectivity index (χ3v) is 3.88. The third kappa shape index (κ3) is 6.51. The lowest BCUT2D eigenvalue weighted by atomic mass is 10.1. The van der Waals surface area contributed by atoms with Crippen molar-refractivity contribution in [3.05, 3.63) is 66.2 Å². The number of amides is 2. The average molecular weight is 358 g/mol. The van der Waals surface area contributed by atoms with Crippen molar-refractivity contribution in [1.82, 2.24) is 10.0 Å². The highest BCUT2D eigenvalue weighted by Crippen LogP contribution is 2.18. The molecule has 0 saturated carbocycles. The maximum atomic E-state index is 12.6. The van der Waals surface area contributed by atoms with Crippen LogP contribution in [0.1, 0.15) is 32.4 Å². The molecular formula is C19H22N2O3S. The van der Waals surface area contributed by atoms with Crippen molar-refractivity contribution in [3.8, 4) is 0 Å². The standard InChI is InChI=1S/C19H22N2O3S/c1-19(2,3)24-18(23)20-16(14-10-6-4-7-11-14)17(22)21-25-15-12-8-5-9-13-15/h4-13,16H,1-3H3,(H,20,23)(H,21,22). The minimum absolute atomic E-state index is 0.328. The molecule has 6 heteroatoms. The van der Waals surface area contributed by atoms with Crippen LogP contribution in [0.4, 0.5) is 4.79 Å². The van der Waals surface area contributed by atoms with E-state index in [4.69, 9.17) is 4.74 Å². The van der Waals surface area contributed by atoms with E-state index in [1.165, 1.54) is 11.9 Å². The fraction of sp³-hybridized carbons (Fsp3) is 0.263. The van der Waals surface area contributed by atoms with Crippen LogP contribution in [0, 0.1) is 0 Å². The maximum absolute atomic E-state index is 12.6. The first kappa shape index (κ1) is 18.9. The van der Waals surface area contributed by atoms with Gasteiger partial charge in [-0.3, -0.25) is 9.52 Å². The van der Waals surface area contributed by atoms with Crippen molar-refractivity contribution in [2.45, 2.75) is 37.3 Å². The average Bonchev–Trinajstić information content (AvgIpc) is 2.58. The van der Waals surface area contributed by atoms with E-state index in [2.05, 4.69) is 10.0 Å². The fourth-order valence-corrected chi connectivity index (χ4v) is 2.66. The first-order chi connectivity index (χ1) is 11.8. The number of carbonyl (C=O) groups is 2. The predicted octanol–water partition coefficient (Wildman–Crippen LogP) is 4.08. The molecule has 0 bridgehead atoms. The minimum Gasteiger partial charge on any atom is -0.444 e. The van der Waals surface area contributed by atoms with Crippen molar-refractivity contribution in [1.29, 1.82) is 0 Å². The highest BCUT2D eigenvalue weighted by molar-refractivity contribution is 7.98. The summed E-state index contributed by atoms with van der Waals surface area (Å²) in [7, 11) is 0. The van der Waals surface area contributed by atoms with E-state index >= 15 is 0 Å². The number of hydrogen-bond donors (Lipinski definition) is 2. The van der Waals surface area contributed by atoms with Crippen LogP contribution >= 0.6 is 11.9 Å². The number of hydrogen-bond acceptors (Lipinski definition) is 4. The number of ether oxygens (including phenoxy) is 1. The van der Waals surface area contributed by atoms with Gasteiger partial charge in [-0.25, -0.2) is 4.79 Å². The van der Waals surface area contributed by atoms with Gasteiger partial charge < -0.3 is 10.1 Å². The van der Waals surface area contributed by atoms with Crippen LogP contribution in [-0.4, -0.2) is 17.6 Å². The smallest absolute Gasteiger partial charge is 0.408 e. The zero-order valence-corrected chi connectivity index (χ0v) is 15.3. The van der Waals surface area contributed by atoms with Gasteiger partial charge >= 0.3 is 6.09 Å². The summed E-state index contributed by atoms with van der Waals surface area (Å²) >= 11 is 1.20. The molecule has 2 N–H and O–H groups in total. The predicted molar refractivity (Wildman–Crippen MR) is 99.0 cm³/mol. The molecule has 1 atom stereocenters. The van der Waals surface area contributed by atoms with E-state index in [1.54, 1.807) is 32.9 Å². The van der Waals surface area contributed by atoms with Crippen LogP contribution in [0.25, 0.3) is 0 Å². The second-order valence-electron chi connectivity index (χ2n) is 6.37. The van der Waals surface area contributed by atoms with Crippen LogP contribution < -0.4 is 10.0 Å². The lowest BCUT2D eigenvalue weighted by Gasteiger charge is -2.23. The van der Waals surface area contributed by atoms with Gasteiger partial charge in [0.1, 0.15) is 11.6 Å². The maximum Gasteiger partial charge on any atom is 0.408 e. The number of benzene rings is 2. The van der Waals surface area contributed by atoms with Crippen molar-refractivity contribution in [2.24, 2.45) is 0 Å². The van der Waals surface area contributed by atoms with E-state index in [9.17, 15) is 9.59 Å². The Hall–Kier alpha value is -2.47. The molecule has 0 aliphatic carbocycles. The molecule has 132 valence electrons. The summed E-state index contributed by atoms with van der Waals surface area (Å²) in [6.45, 7) is 5.32. The van der Waals surface area contributed by atoms with Crippen LogP contribution in [0.15, 0.2) is 65.6 Å². The first-order valence-corrected chi connectivity index (χ1v) is 8.73. The lowest BCUT2D eigenvalue weighted by molar-refractivity contribution is -0.121. The Morgan fingerprint density at radius 3 is 2.08 bits per heavy atom.